The van der Waals surface area contributed by atoms with E-state index in [1.165, 1.54) is 11.2 Å². The number of fused-ring (bicyclic) bond motifs is 1. The number of aromatic nitrogens is 4. The van der Waals surface area contributed by atoms with Crippen LogP contribution in [0.2, 0.25) is 5.02 Å². The molecule has 1 saturated heterocycles. The second kappa shape index (κ2) is 10.1. The van der Waals surface area contributed by atoms with Crippen LogP contribution in [0.4, 0.5) is 24.8 Å². The second-order valence-electron chi connectivity index (χ2n) is 8.23. The van der Waals surface area contributed by atoms with E-state index in [0.29, 0.717) is 24.2 Å². The topological polar surface area (TPSA) is 126 Å². The largest absolute Gasteiger partial charge is 0.401 e. The maximum Gasteiger partial charge on any atom is 0.401 e. The normalized spacial score (nSPS) is 15.3. The first-order valence-electron chi connectivity index (χ1n) is 10.9. The van der Waals surface area contributed by atoms with Gasteiger partial charge in [-0.2, -0.15) is 18.4 Å². The number of nitrogen functional groups attached to an aromatic ring is 1. The number of piperidine rings is 1. The van der Waals surface area contributed by atoms with Crippen molar-refractivity contribution in [3.63, 3.8) is 0 Å². The predicted octanol–water partition coefficient (Wildman–Crippen LogP) is 3.15. The minimum atomic E-state index is -4.27. The number of nitrogens with zero attached hydrogens (tertiary/aromatic N) is 6. The van der Waals surface area contributed by atoms with Crippen LogP contribution in [0.5, 0.6) is 0 Å². The zero-order chi connectivity index (χ0) is 25.2. The van der Waals surface area contributed by atoms with Crippen LogP contribution in [-0.4, -0.2) is 56.8 Å². The Bertz CT molecular complexity index is 1330. The quantitative estimate of drug-likeness (QED) is 0.522. The zero-order valence-electron chi connectivity index (χ0n) is 18.5. The highest BCUT2D eigenvalue weighted by Crippen LogP contribution is 2.27. The fourth-order valence-electron chi connectivity index (χ4n) is 4.33. The van der Waals surface area contributed by atoms with Gasteiger partial charge in [0.05, 0.1) is 22.5 Å². The van der Waals surface area contributed by atoms with Gasteiger partial charge in [0.25, 0.3) is 5.56 Å². The van der Waals surface area contributed by atoms with E-state index >= 15 is 0 Å². The minimum Gasteiger partial charge on any atom is -0.382 e. The first kappa shape index (κ1) is 24.7. The van der Waals surface area contributed by atoms with Crippen molar-refractivity contribution in [2.45, 2.75) is 31.5 Å². The van der Waals surface area contributed by atoms with Crippen LogP contribution in [0.15, 0.2) is 29.3 Å². The molecule has 1 aliphatic rings. The van der Waals surface area contributed by atoms with Crippen LogP contribution >= 0.6 is 11.6 Å². The Hall–Kier alpha value is -3.43. The van der Waals surface area contributed by atoms with Gasteiger partial charge in [0, 0.05) is 32.1 Å². The molecule has 4 rings (SSSR count). The number of rotatable bonds is 6. The summed E-state index contributed by atoms with van der Waals surface area (Å²) in [5, 5.41) is 12.9. The molecule has 0 radical (unpaired) electrons. The Labute approximate surface area is 203 Å². The molecule has 0 amide bonds. The molecule has 0 saturated carbocycles. The van der Waals surface area contributed by atoms with Crippen molar-refractivity contribution in [1.29, 1.82) is 5.26 Å². The van der Waals surface area contributed by atoms with Crippen LogP contribution in [0, 0.1) is 11.3 Å². The van der Waals surface area contributed by atoms with Crippen molar-refractivity contribution < 1.29 is 13.2 Å². The minimum absolute atomic E-state index is 0.0472. The first-order valence-corrected chi connectivity index (χ1v) is 11.3. The van der Waals surface area contributed by atoms with Gasteiger partial charge in [-0.15, -0.1) is 0 Å². The molecule has 0 spiro atoms. The second-order valence-corrected chi connectivity index (χ2v) is 8.64. The van der Waals surface area contributed by atoms with Gasteiger partial charge in [-0.25, -0.2) is 15.0 Å². The Morgan fingerprint density at radius 2 is 2.00 bits per heavy atom. The number of halogens is 4. The summed E-state index contributed by atoms with van der Waals surface area (Å²) < 4.78 is 40.0. The summed E-state index contributed by atoms with van der Waals surface area (Å²) in [6.45, 7) is -0.283. The summed E-state index contributed by atoms with van der Waals surface area (Å²) in [7, 11) is 0. The molecule has 3 N–H and O–H groups in total. The van der Waals surface area contributed by atoms with Crippen molar-refractivity contribution in [3.05, 3.63) is 51.3 Å². The number of nitrogens with two attached hydrogens (primary N) is 1. The van der Waals surface area contributed by atoms with E-state index in [1.54, 1.807) is 22.8 Å². The molecule has 9 nitrogen and oxygen atoms in total. The third-order valence-corrected chi connectivity index (χ3v) is 6.22. The lowest BCUT2D eigenvalue weighted by Gasteiger charge is -2.34. The van der Waals surface area contributed by atoms with Crippen molar-refractivity contribution in [2.24, 2.45) is 0 Å². The number of likely N-dealkylation sites (tertiary alicyclic amines) is 1. The number of hydrogen-bond acceptors (Lipinski definition) is 8. The predicted molar refractivity (Wildman–Crippen MR) is 125 cm³/mol. The molecular formula is C22H22ClF3N8O. The molecule has 1 aromatic carbocycles. The summed E-state index contributed by atoms with van der Waals surface area (Å²) in [5.74, 6) is 0.774. The number of hydrogen-bond donors (Lipinski definition) is 2. The van der Waals surface area contributed by atoms with Gasteiger partial charge < -0.3 is 11.1 Å². The highest BCUT2D eigenvalue weighted by atomic mass is 35.5. The van der Waals surface area contributed by atoms with Crippen LogP contribution in [0.1, 0.15) is 30.3 Å². The van der Waals surface area contributed by atoms with Crippen LogP contribution in [0.25, 0.3) is 10.9 Å². The molecule has 3 heterocycles. The summed E-state index contributed by atoms with van der Waals surface area (Å²) in [5.41, 5.74) is 5.95. The number of anilines is 2. The maximum atomic E-state index is 13.5. The van der Waals surface area contributed by atoms with E-state index in [1.807, 2.05) is 6.07 Å². The van der Waals surface area contributed by atoms with E-state index in [2.05, 4.69) is 20.3 Å². The van der Waals surface area contributed by atoms with Crippen LogP contribution in [-0.2, 0) is 6.42 Å². The number of nitrogens with one attached hydrogen (secondary N) is 1. The lowest BCUT2D eigenvalue weighted by atomic mass is 10.0. The Balaban J connectivity index is 1.62. The third-order valence-electron chi connectivity index (χ3n) is 5.91. The average molecular weight is 507 g/mol. The molecule has 1 aliphatic heterocycles. The van der Waals surface area contributed by atoms with Crippen LogP contribution < -0.4 is 16.6 Å². The number of alkyl halides is 3. The number of nitriles is 1. The first-order chi connectivity index (χ1) is 16.7. The maximum absolute atomic E-state index is 13.5. The van der Waals surface area contributed by atoms with Gasteiger partial charge in [0.1, 0.15) is 35.4 Å². The molecule has 2 aromatic heterocycles. The molecular weight excluding hydrogens is 485 g/mol. The monoisotopic (exact) mass is 506 g/mol. The average Bonchev–Trinajstić information content (AvgIpc) is 2.79. The number of benzene rings is 1. The molecule has 13 heteroatoms. The van der Waals surface area contributed by atoms with E-state index in [-0.39, 0.29) is 65.3 Å². The van der Waals surface area contributed by atoms with Crippen molar-refractivity contribution >= 4 is 34.1 Å². The molecule has 0 atom stereocenters. The molecule has 35 heavy (non-hydrogen) atoms. The summed E-state index contributed by atoms with van der Waals surface area (Å²) in [4.78, 5) is 27.3. The Morgan fingerprint density at radius 3 is 2.69 bits per heavy atom. The summed E-state index contributed by atoms with van der Waals surface area (Å²) in [6, 6.07) is 6.62. The SMILES string of the molecule is N#Cc1c(N)ncnc1NCCc1nc2cccc(Cl)c2c(=O)n1C1CCN(CC(F)(F)F)CC1. The molecule has 0 aliphatic carbocycles. The van der Waals surface area contributed by atoms with Gasteiger partial charge in [-0.1, -0.05) is 17.7 Å². The highest BCUT2D eigenvalue weighted by molar-refractivity contribution is 6.35. The van der Waals surface area contributed by atoms with E-state index in [9.17, 15) is 23.2 Å². The Morgan fingerprint density at radius 1 is 1.26 bits per heavy atom. The molecule has 3 aromatic rings. The zero-order valence-corrected chi connectivity index (χ0v) is 19.3. The summed E-state index contributed by atoms with van der Waals surface area (Å²) in [6.07, 6.45) is -2.01. The molecule has 0 unspecified atom stereocenters. The van der Waals surface area contributed by atoms with Gasteiger partial charge in [-0.3, -0.25) is 14.3 Å². The summed E-state index contributed by atoms with van der Waals surface area (Å²) >= 11 is 6.30. The smallest absolute Gasteiger partial charge is 0.382 e. The van der Waals surface area contributed by atoms with Gasteiger partial charge in [0.15, 0.2) is 0 Å². The van der Waals surface area contributed by atoms with E-state index in [4.69, 9.17) is 17.3 Å². The molecule has 184 valence electrons. The standard InChI is InChI=1S/C22H22ClF3N8O/c23-15-2-1-3-16-18(15)21(35)34(13-5-8-33(9-6-13)11-22(24,25)26)17(32-16)4-7-29-20-14(10-27)19(28)30-12-31-20/h1-3,12-13H,4-9,11H2,(H3,28,29,30,31). The third kappa shape index (κ3) is 5.47. The Kier molecular flexibility index (Phi) is 7.09. The van der Waals surface area contributed by atoms with Gasteiger partial charge in [0.2, 0.25) is 0 Å². The van der Waals surface area contributed by atoms with E-state index < -0.39 is 12.7 Å². The van der Waals surface area contributed by atoms with Crippen molar-refractivity contribution in [3.8, 4) is 6.07 Å². The van der Waals surface area contributed by atoms with E-state index in [0.717, 1.165) is 0 Å². The van der Waals surface area contributed by atoms with Crippen LogP contribution in [0.3, 0.4) is 0 Å². The fourth-order valence-corrected chi connectivity index (χ4v) is 4.58. The lowest BCUT2D eigenvalue weighted by molar-refractivity contribution is -0.148. The molecule has 1 fully saturated rings. The van der Waals surface area contributed by atoms with Crippen molar-refractivity contribution in [2.75, 3.05) is 37.2 Å². The molecule has 0 bridgehead atoms. The fraction of sp³-hybridized carbons (Fsp3) is 0.409. The van der Waals surface area contributed by atoms with Gasteiger partial charge in [-0.05, 0) is 25.0 Å². The highest BCUT2D eigenvalue weighted by Gasteiger charge is 2.33. The van der Waals surface area contributed by atoms with Gasteiger partial charge >= 0.3 is 6.18 Å². The van der Waals surface area contributed by atoms with Crippen molar-refractivity contribution in [1.82, 2.24) is 24.4 Å². The lowest BCUT2D eigenvalue weighted by Crippen LogP contribution is -2.42.